The molecular weight excluding hydrogens is 366 g/mol. The second kappa shape index (κ2) is 8.35. The van der Waals surface area contributed by atoms with Gasteiger partial charge in [0, 0.05) is 30.1 Å². The van der Waals surface area contributed by atoms with Crippen LogP contribution < -0.4 is 10.1 Å². The lowest BCUT2D eigenvalue weighted by atomic mass is 10.2. The summed E-state index contributed by atoms with van der Waals surface area (Å²) in [5.41, 5.74) is 2.34. The molecule has 1 N–H and O–H groups in total. The van der Waals surface area contributed by atoms with Gasteiger partial charge in [-0.1, -0.05) is 30.3 Å². The van der Waals surface area contributed by atoms with Crippen LogP contribution in [0.5, 0.6) is 5.75 Å². The lowest BCUT2D eigenvalue weighted by Gasteiger charge is -2.08. The number of methoxy groups -OCH3 is 1. The maximum Gasteiger partial charge on any atom is 0.281 e. The largest absolute Gasteiger partial charge is 0.497 e. The number of aromatic nitrogens is 4. The van der Waals surface area contributed by atoms with Crippen LogP contribution in [0.2, 0.25) is 0 Å². The van der Waals surface area contributed by atoms with Crippen molar-refractivity contribution in [2.75, 3.05) is 12.4 Å². The van der Waals surface area contributed by atoms with Gasteiger partial charge in [-0.15, -0.1) is 5.10 Å². The third-order valence-electron chi connectivity index (χ3n) is 4.37. The van der Waals surface area contributed by atoms with Crippen molar-refractivity contribution in [3.8, 4) is 17.1 Å². The standard InChI is InChI=1S/C22H19N5O2/c1-29-19-9-7-18(8-10-19)21(28)27-22(24-15-16-5-3-2-4-6-16)25-20(26-27)17-11-13-23-14-12-17/h2-14H,15H2,1H3,(H,24,25,26). The third kappa shape index (κ3) is 4.14. The number of pyridine rings is 1. The predicted octanol–water partition coefficient (Wildman–Crippen LogP) is 3.65. The van der Waals surface area contributed by atoms with Gasteiger partial charge >= 0.3 is 0 Å². The van der Waals surface area contributed by atoms with Crippen molar-refractivity contribution < 1.29 is 9.53 Å². The van der Waals surface area contributed by atoms with Crippen LogP contribution in [0.15, 0.2) is 79.1 Å². The summed E-state index contributed by atoms with van der Waals surface area (Å²) in [5, 5.41) is 7.67. The molecule has 2 heterocycles. The molecule has 0 aliphatic heterocycles. The van der Waals surface area contributed by atoms with Gasteiger partial charge in [0.15, 0.2) is 5.82 Å². The molecule has 0 saturated carbocycles. The molecule has 0 unspecified atom stereocenters. The van der Waals surface area contributed by atoms with E-state index >= 15 is 0 Å². The Morgan fingerprint density at radius 1 is 1.00 bits per heavy atom. The number of carbonyl (C=O) groups is 1. The minimum atomic E-state index is -0.281. The monoisotopic (exact) mass is 385 g/mol. The van der Waals surface area contributed by atoms with Crippen LogP contribution in [-0.4, -0.2) is 32.8 Å². The number of nitrogens with one attached hydrogen (secondary N) is 1. The van der Waals surface area contributed by atoms with E-state index in [0.717, 1.165) is 11.1 Å². The van der Waals surface area contributed by atoms with E-state index in [-0.39, 0.29) is 5.91 Å². The number of rotatable bonds is 6. The lowest BCUT2D eigenvalue weighted by Crippen LogP contribution is -2.17. The topological polar surface area (TPSA) is 81.9 Å². The first-order chi connectivity index (χ1) is 14.2. The SMILES string of the molecule is COc1ccc(C(=O)n2nc(-c3ccncc3)nc2NCc2ccccc2)cc1. The molecule has 2 aromatic carbocycles. The van der Waals surface area contributed by atoms with Crippen molar-refractivity contribution in [2.45, 2.75) is 6.54 Å². The predicted molar refractivity (Wildman–Crippen MR) is 110 cm³/mol. The molecule has 4 aromatic rings. The van der Waals surface area contributed by atoms with Gasteiger partial charge in [-0.05, 0) is 42.0 Å². The zero-order valence-corrected chi connectivity index (χ0v) is 15.8. The molecule has 7 heteroatoms. The molecule has 29 heavy (non-hydrogen) atoms. The Labute approximate surface area is 168 Å². The molecule has 0 amide bonds. The maximum atomic E-state index is 13.1. The van der Waals surface area contributed by atoms with E-state index in [1.54, 1.807) is 55.9 Å². The van der Waals surface area contributed by atoms with Crippen LogP contribution in [0.4, 0.5) is 5.95 Å². The van der Waals surface area contributed by atoms with Crippen LogP contribution in [-0.2, 0) is 6.54 Å². The van der Waals surface area contributed by atoms with Gasteiger partial charge in [0.2, 0.25) is 5.95 Å². The fraction of sp³-hybridized carbons (Fsp3) is 0.0909. The fourth-order valence-corrected chi connectivity index (χ4v) is 2.82. The van der Waals surface area contributed by atoms with Gasteiger partial charge in [-0.2, -0.15) is 9.67 Å². The molecule has 2 aromatic heterocycles. The van der Waals surface area contributed by atoms with E-state index in [4.69, 9.17) is 4.74 Å². The second-order valence-corrected chi connectivity index (χ2v) is 6.28. The Balaban J connectivity index is 1.67. The fourth-order valence-electron chi connectivity index (χ4n) is 2.82. The molecule has 0 saturated heterocycles. The van der Waals surface area contributed by atoms with E-state index < -0.39 is 0 Å². The molecule has 0 fully saturated rings. The molecule has 0 atom stereocenters. The van der Waals surface area contributed by atoms with Gasteiger partial charge in [-0.25, -0.2) is 0 Å². The highest BCUT2D eigenvalue weighted by atomic mass is 16.5. The molecule has 0 aliphatic rings. The molecule has 0 radical (unpaired) electrons. The van der Waals surface area contributed by atoms with E-state index in [1.807, 2.05) is 30.3 Å². The van der Waals surface area contributed by atoms with Crippen LogP contribution in [0.3, 0.4) is 0 Å². The highest BCUT2D eigenvalue weighted by Gasteiger charge is 2.19. The van der Waals surface area contributed by atoms with Crippen molar-refractivity contribution in [1.82, 2.24) is 19.7 Å². The average molecular weight is 385 g/mol. The highest BCUT2D eigenvalue weighted by molar-refractivity contribution is 5.97. The first-order valence-corrected chi connectivity index (χ1v) is 9.08. The number of benzene rings is 2. The van der Waals surface area contributed by atoms with E-state index in [2.05, 4.69) is 20.4 Å². The molecule has 7 nitrogen and oxygen atoms in total. The van der Waals surface area contributed by atoms with Gasteiger partial charge in [0.1, 0.15) is 5.75 Å². The first-order valence-electron chi connectivity index (χ1n) is 9.08. The number of hydrogen-bond donors (Lipinski definition) is 1. The number of ether oxygens (including phenoxy) is 1. The molecule has 144 valence electrons. The number of nitrogens with zero attached hydrogens (tertiary/aromatic N) is 4. The Bertz CT molecular complexity index is 1090. The molecule has 4 rings (SSSR count). The van der Waals surface area contributed by atoms with Crippen LogP contribution in [0.25, 0.3) is 11.4 Å². The second-order valence-electron chi connectivity index (χ2n) is 6.28. The van der Waals surface area contributed by atoms with Gasteiger partial charge < -0.3 is 10.1 Å². The van der Waals surface area contributed by atoms with Gasteiger partial charge in [-0.3, -0.25) is 9.78 Å². The van der Waals surface area contributed by atoms with E-state index in [1.165, 1.54) is 4.68 Å². The smallest absolute Gasteiger partial charge is 0.281 e. The first kappa shape index (κ1) is 18.4. The Hall–Kier alpha value is -4.00. The van der Waals surface area contributed by atoms with Crippen molar-refractivity contribution in [1.29, 1.82) is 0 Å². The number of carbonyl (C=O) groups excluding carboxylic acids is 1. The van der Waals surface area contributed by atoms with Crippen LogP contribution in [0, 0.1) is 0 Å². The summed E-state index contributed by atoms with van der Waals surface area (Å²) in [6.45, 7) is 0.519. The van der Waals surface area contributed by atoms with Crippen LogP contribution in [0.1, 0.15) is 15.9 Å². The minimum Gasteiger partial charge on any atom is -0.497 e. The summed E-state index contributed by atoms with van der Waals surface area (Å²) < 4.78 is 6.46. The molecule has 0 aliphatic carbocycles. The van der Waals surface area contributed by atoms with Crippen molar-refractivity contribution in [2.24, 2.45) is 0 Å². The zero-order chi connectivity index (χ0) is 20.1. The third-order valence-corrected chi connectivity index (χ3v) is 4.37. The molecule has 0 spiro atoms. The van der Waals surface area contributed by atoms with Gasteiger partial charge in [0.05, 0.1) is 7.11 Å². The summed E-state index contributed by atoms with van der Waals surface area (Å²) in [4.78, 5) is 21.7. The minimum absolute atomic E-state index is 0.281. The van der Waals surface area contributed by atoms with Gasteiger partial charge in [0.25, 0.3) is 5.91 Å². The average Bonchev–Trinajstić information content (AvgIpc) is 3.23. The quantitative estimate of drug-likeness (QED) is 0.546. The Morgan fingerprint density at radius 3 is 2.41 bits per heavy atom. The number of anilines is 1. The van der Waals surface area contributed by atoms with E-state index in [9.17, 15) is 4.79 Å². The Kier molecular flexibility index (Phi) is 5.29. The van der Waals surface area contributed by atoms with Crippen molar-refractivity contribution >= 4 is 11.9 Å². The zero-order valence-electron chi connectivity index (χ0n) is 15.8. The lowest BCUT2D eigenvalue weighted by molar-refractivity contribution is 0.0947. The summed E-state index contributed by atoms with van der Waals surface area (Å²) in [6.07, 6.45) is 3.33. The van der Waals surface area contributed by atoms with E-state index in [0.29, 0.717) is 29.6 Å². The highest BCUT2D eigenvalue weighted by Crippen LogP contribution is 2.20. The Morgan fingerprint density at radius 2 is 1.72 bits per heavy atom. The summed E-state index contributed by atoms with van der Waals surface area (Å²) in [5.74, 6) is 1.22. The van der Waals surface area contributed by atoms with Crippen molar-refractivity contribution in [3.05, 3.63) is 90.3 Å². The summed E-state index contributed by atoms with van der Waals surface area (Å²) in [6, 6.07) is 20.4. The summed E-state index contributed by atoms with van der Waals surface area (Å²) in [7, 11) is 1.58. The number of hydrogen-bond acceptors (Lipinski definition) is 6. The molecular formula is C22H19N5O2. The molecule has 0 bridgehead atoms. The normalized spacial score (nSPS) is 10.5. The summed E-state index contributed by atoms with van der Waals surface area (Å²) >= 11 is 0. The maximum absolute atomic E-state index is 13.1. The van der Waals surface area contributed by atoms with Crippen LogP contribution >= 0.6 is 0 Å². The van der Waals surface area contributed by atoms with Crippen molar-refractivity contribution in [3.63, 3.8) is 0 Å².